The second kappa shape index (κ2) is 4.29. The molecule has 0 radical (unpaired) electrons. The molecular weight excluding hydrogens is 191 g/mol. The van der Waals surface area contributed by atoms with Gasteiger partial charge in [0.05, 0.1) is 0 Å². The van der Waals surface area contributed by atoms with Crippen molar-refractivity contribution < 1.29 is 4.39 Å². The Bertz CT molecular complexity index is 349. The predicted octanol–water partition coefficient (Wildman–Crippen LogP) is 1.57. The monoisotopic (exact) mass is 208 g/mol. The zero-order valence-electron chi connectivity index (χ0n) is 9.26. The zero-order valence-corrected chi connectivity index (χ0v) is 9.26. The zero-order chi connectivity index (χ0) is 10.8. The standard InChI is InChI=1S/C12H17FN2/c1-15(2)8-10-7-14-6-9-5-11(13)3-4-12(9)10/h3-5,10,14H,6-8H2,1-2H3. The van der Waals surface area contributed by atoms with Crippen LogP contribution in [0, 0.1) is 5.82 Å². The van der Waals surface area contributed by atoms with Crippen molar-refractivity contribution >= 4 is 0 Å². The van der Waals surface area contributed by atoms with Gasteiger partial charge >= 0.3 is 0 Å². The van der Waals surface area contributed by atoms with Crippen molar-refractivity contribution in [2.75, 3.05) is 27.2 Å². The highest BCUT2D eigenvalue weighted by Crippen LogP contribution is 2.24. The Balaban J connectivity index is 2.26. The van der Waals surface area contributed by atoms with Crippen LogP contribution in [0.3, 0.4) is 0 Å². The van der Waals surface area contributed by atoms with E-state index in [2.05, 4.69) is 24.3 Å². The van der Waals surface area contributed by atoms with Crippen molar-refractivity contribution in [1.82, 2.24) is 10.2 Å². The fourth-order valence-electron chi connectivity index (χ4n) is 2.22. The molecule has 0 spiro atoms. The van der Waals surface area contributed by atoms with Crippen LogP contribution in [-0.4, -0.2) is 32.1 Å². The Hall–Kier alpha value is -0.930. The van der Waals surface area contributed by atoms with Crippen molar-refractivity contribution in [2.24, 2.45) is 0 Å². The average Bonchev–Trinajstić information content (AvgIpc) is 2.16. The van der Waals surface area contributed by atoms with Crippen LogP contribution < -0.4 is 5.32 Å². The van der Waals surface area contributed by atoms with Gasteiger partial charge in [0.25, 0.3) is 0 Å². The number of nitrogens with zero attached hydrogens (tertiary/aromatic N) is 1. The van der Waals surface area contributed by atoms with E-state index in [1.54, 1.807) is 12.1 Å². The highest BCUT2D eigenvalue weighted by molar-refractivity contribution is 5.33. The first-order valence-corrected chi connectivity index (χ1v) is 5.30. The molecule has 15 heavy (non-hydrogen) atoms. The van der Waals surface area contributed by atoms with Gasteiger partial charge in [0.15, 0.2) is 0 Å². The lowest BCUT2D eigenvalue weighted by molar-refractivity contribution is 0.355. The largest absolute Gasteiger partial charge is 0.312 e. The fourth-order valence-corrected chi connectivity index (χ4v) is 2.22. The number of likely N-dealkylation sites (N-methyl/N-ethyl adjacent to an activating group) is 1. The summed E-state index contributed by atoms with van der Waals surface area (Å²) < 4.78 is 13.0. The molecule has 1 N–H and O–H groups in total. The number of rotatable bonds is 2. The van der Waals surface area contributed by atoms with Gasteiger partial charge in [-0.25, -0.2) is 4.39 Å². The molecule has 1 atom stereocenters. The van der Waals surface area contributed by atoms with E-state index < -0.39 is 0 Å². The van der Waals surface area contributed by atoms with Crippen LogP contribution in [-0.2, 0) is 6.54 Å². The van der Waals surface area contributed by atoms with E-state index >= 15 is 0 Å². The lowest BCUT2D eigenvalue weighted by Gasteiger charge is -2.28. The predicted molar refractivity (Wildman–Crippen MR) is 59.4 cm³/mol. The Morgan fingerprint density at radius 3 is 3.00 bits per heavy atom. The van der Waals surface area contributed by atoms with Crippen molar-refractivity contribution in [3.8, 4) is 0 Å². The third-order valence-corrected chi connectivity index (χ3v) is 2.84. The first-order chi connectivity index (χ1) is 7.16. The summed E-state index contributed by atoms with van der Waals surface area (Å²) in [6.45, 7) is 2.78. The van der Waals surface area contributed by atoms with E-state index in [1.807, 2.05) is 6.07 Å². The maximum Gasteiger partial charge on any atom is 0.123 e. The minimum absolute atomic E-state index is 0.138. The fraction of sp³-hybridized carbons (Fsp3) is 0.500. The van der Waals surface area contributed by atoms with Crippen LogP contribution in [0.15, 0.2) is 18.2 Å². The van der Waals surface area contributed by atoms with Crippen LogP contribution in [0.5, 0.6) is 0 Å². The molecule has 0 fully saturated rings. The highest BCUT2D eigenvalue weighted by Gasteiger charge is 2.20. The summed E-state index contributed by atoms with van der Waals surface area (Å²) in [5.74, 6) is 0.338. The molecule has 1 heterocycles. The molecule has 0 saturated heterocycles. The molecule has 1 aromatic rings. The topological polar surface area (TPSA) is 15.3 Å². The summed E-state index contributed by atoms with van der Waals surface area (Å²) in [5, 5.41) is 3.33. The molecular formula is C12H17FN2. The van der Waals surface area contributed by atoms with Gasteiger partial charge in [-0.05, 0) is 37.4 Å². The van der Waals surface area contributed by atoms with Crippen molar-refractivity contribution in [3.63, 3.8) is 0 Å². The van der Waals surface area contributed by atoms with Gasteiger partial charge < -0.3 is 10.2 Å². The van der Waals surface area contributed by atoms with Crippen molar-refractivity contribution in [1.29, 1.82) is 0 Å². The van der Waals surface area contributed by atoms with Crippen molar-refractivity contribution in [3.05, 3.63) is 35.1 Å². The van der Waals surface area contributed by atoms with Gasteiger partial charge in [0.2, 0.25) is 0 Å². The lowest BCUT2D eigenvalue weighted by atomic mass is 9.90. The van der Waals surface area contributed by atoms with Gasteiger partial charge in [0.1, 0.15) is 5.82 Å². The smallest absolute Gasteiger partial charge is 0.123 e. The van der Waals surface area contributed by atoms with Crippen LogP contribution in [0.2, 0.25) is 0 Å². The average molecular weight is 208 g/mol. The molecule has 2 rings (SSSR count). The summed E-state index contributed by atoms with van der Waals surface area (Å²) in [7, 11) is 4.13. The Morgan fingerprint density at radius 1 is 1.47 bits per heavy atom. The van der Waals surface area contributed by atoms with Crippen LogP contribution in [0.25, 0.3) is 0 Å². The molecule has 2 nitrogen and oxygen atoms in total. The molecule has 1 aliphatic rings. The van der Waals surface area contributed by atoms with E-state index in [0.717, 1.165) is 25.2 Å². The molecule has 0 aromatic heterocycles. The maximum absolute atomic E-state index is 13.0. The number of fused-ring (bicyclic) bond motifs is 1. The number of hydrogen-bond donors (Lipinski definition) is 1. The Kier molecular flexibility index (Phi) is 3.03. The van der Waals surface area contributed by atoms with E-state index in [4.69, 9.17) is 0 Å². The quantitative estimate of drug-likeness (QED) is 0.793. The molecule has 0 aliphatic carbocycles. The second-order valence-electron chi connectivity index (χ2n) is 4.43. The molecule has 0 saturated carbocycles. The molecule has 1 aliphatic heterocycles. The van der Waals surface area contributed by atoms with Gasteiger partial charge in [-0.1, -0.05) is 6.07 Å². The summed E-state index contributed by atoms with van der Waals surface area (Å²) in [6.07, 6.45) is 0. The van der Waals surface area contributed by atoms with E-state index in [9.17, 15) is 4.39 Å². The molecule has 82 valence electrons. The minimum Gasteiger partial charge on any atom is -0.312 e. The first-order valence-electron chi connectivity index (χ1n) is 5.30. The van der Waals surface area contributed by atoms with Gasteiger partial charge in [0, 0.05) is 25.6 Å². The molecule has 0 bridgehead atoms. The number of nitrogens with one attached hydrogen (secondary N) is 1. The van der Waals surface area contributed by atoms with E-state index in [-0.39, 0.29) is 5.82 Å². The SMILES string of the molecule is CN(C)CC1CNCc2cc(F)ccc21. The summed E-state index contributed by atoms with van der Waals surface area (Å²) in [4.78, 5) is 2.17. The molecule has 0 amide bonds. The number of hydrogen-bond acceptors (Lipinski definition) is 2. The Labute approximate surface area is 90.1 Å². The van der Waals surface area contributed by atoms with Crippen LogP contribution in [0.4, 0.5) is 4.39 Å². The maximum atomic E-state index is 13.0. The molecule has 3 heteroatoms. The Morgan fingerprint density at radius 2 is 2.27 bits per heavy atom. The van der Waals surface area contributed by atoms with Gasteiger partial charge in [-0.15, -0.1) is 0 Å². The van der Waals surface area contributed by atoms with Crippen LogP contribution in [0.1, 0.15) is 17.0 Å². The summed E-state index contributed by atoms with van der Waals surface area (Å²) in [6, 6.07) is 5.14. The van der Waals surface area contributed by atoms with Gasteiger partial charge in [-0.3, -0.25) is 0 Å². The normalized spacial score (nSPS) is 20.4. The highest BCUT2D eigenvalue weighted by atomic mass is 19.1. The third kappa shape index (κ3) is 2.36. The lowest BCUT2D eigenvalue weighted by Crippen LogP contribution is -2.34. The molecule has 1 aromatic carbocycles. The summed E-state index contributed by atoms with van der Waals surface area (Å²) >= 11 is 0. The van der Waals surface area contributed by atoms with E-state index in [1.165, 1.54) is 5.56 Å². The summed E-state index contributed by atoms with van der Waals surface area (Å²) in [5.41, 5.74) is 2.40. The number of halogens is 1. The van der Waals surface area contributed by atoms with Crippen LogP contribution >= 0.6 is 0 Å². The first kappa shape index (κ1) is 10.6. The third-order valence-electron chi connectivity index (χ3n) is 2.84. The number of benzene rings is 1. The second-order valence-corrected chi connectivity index (χ2v) is 4.43. The van der Waals surface area contributed by atoms with E-state index in [0.29, 0.717) is 5.92 Å². The van der Waals surface area contributed by atoms with Crippen molar-refractivity contribution in [2.45, 2.75) is 12.5 Å². The van der Waals surface area contributed by atoms with Gasteiger partial charge in [-0.2, -0.15) is 0 Å². The minimum atomic E-state index is -0.138. The molecule has 1 unspecified atom stereocenters.